The Kier molecular flexibility index (Phi) is 5.71. The number of anilines is 1. The van der Waals surface area contributed by atoms with E-state index in [2.05, 4.69) is 20.9 Å². The van der Waals surface area contributed by atoms with Crippen molar-refractivity contribution in [3.05, 3.63) is 24.3 Å². The Balaban J connectivity index is 1.54. The van der Waals surface area contributed by atoms with Gasteiger partial charge in [-0.25, -0.2) is 4.98 Å². The number of β-amino-alcohol motifs (C(OH)–C–C–N with tert-alkyl or cyclic N) is 1. The van der Waals surface area contributed by atoms with Crippen LogP contribution in [0.15, 0.2) is 24.3 Å². The van der Waals surface area contributed by atoms with Gasteiger partial charge in [-0.2, -0.15) is 0 Å². The van der Waals surface area contributed by atoms with E-state index in [0.717, 1.165) is 49.6 Å². The first-order valence-corrected chi connectivity index (χ1v) is 8.83. The monoisotopic (exact) mass is 332 g/mol. The van der Waals surface area contributed by atoms with Crippen molar-refractivity contribution >= 4 is 17.0 Å². The van der Waals surface area contributed by atoms with Crippen molar-refractivity contribution < 1.29 is 9.84 Å². The maximum atomic E-state index is 10.1. The van der Waals surface area contributed by atoms with Crippen LogP contribution in [0.1, 0.15) is 20.3 Å². The first kappa shape index (κ1) is 17.2. The minimum atomic E-state index is -0.426. The van der Waals surface area contributed by atoms with Crippen LogP contribution in [0.3, 0.4) is 0 Å². The Morgan fingerprint density at radius 3 is 2.83 bits per heavy atom. The number of rotatable bonds is 6. The highest BCUT2D eigenvalue weighted by Gasteiger charge is 2.19. The molecule has 1 atom stereocenters. The number of aromatic nitrogens is 2. The fraction of sp³-hybridized carbons (Fsp3) is 0.611. The molecule has 1 aliphatic rings. The minimum Gasteiger partial charge on any atom is -0.389 e. The van der Waals surface area contributed by atoms with Gasteiger partial charge in [-0.05, 0) is 38.9 Å². The summed E-state index contributed by atoms with van der Waals surface area (Å²) in [5, 5.41) is 10.1. The quantitative estimate of drug-likeness (QED) is 0.845. The van der Waals surface area contributed by atoms with Gasteiger partial charge in [0.15, 0.2) is 0 Å². The maximum absolute atomic E-state index is 10.1. The molecule has 1 aromatic heterocycles. The number of H-pyrrole nitrogens is 1. The molecular weight excluding hydrogens is 304 g/mol. The average molecular weight is 332 g/mol. The zero-order chi connectivity index (χ0) is 16.9. The molecule has 2 heterocycles. The highest BCUT2D eigenvalue weighted by atomic mass is 16.5. The molecule has 0 radical (unpaired) electrons. The summed E-state index contributed by atoms with van der Waals surface area (Å²) in [4.78, 5) is 12.7. The molecule has 0 bridgehead atoms. The number of aliphatic hydroxyl groups is 1. The van der Waals surface area contributed by atoms with E-state index in [1.165, 1.54) is 0 Å². The fourth-order valence-corrected chi connectivity index (χ4v) is 3.11. The Morgan fingerprint density at radius 2 is 2.04 bits per heavy atom. The Bertz CT molecular complexity index is 610. The Morgan fingerprint density at radius 1 is 1.21 bits per heavy atom. The molecule has 0 unspecified atom stereocenters. The number of aromatic amines is 1. The van der Waals surface area contributed by atoms with Gasteiger partial charge in [0.2, 0.25) is 5.95 Å². The third-order valence-corrected chi connectivity index (χ3v) is 4.36. The number of aliphatic hydroxyl groups excluding tert-OH is 1. The van der Waals surface area contributed by atoms with E-state index in [1.807, 2.05) is 32.0 Å². The van der Waals surface area contributed by atoms with Gasteiger partial charge in [-0.15, -0.1) is 0 Å². The third-order valence-electron chi connectivity index (χ3n) is 4.36. The first-order valence-electron chi connectivity index (χ1n) is 8.83. The second kappa shape index (κ2) is 7.96. The Labute approximate surface area is 143 Å². The van der Waals surface area contributed by atoms with Crippen LogP contribution in [0, 0.1) is 0 Å². The Hall–Kier alpha value is -1.63. The smallest absolute Gasteiger partial charge is 0.203 e. The van der Waals surface area contributed by atoms with Gasteiger partial charge < -0.3 is 19.7 Å². The predicted molar refractivity (Wildman–Crippen MR) is 96.5 cm³/mol. The molecule has 24 heavy (non-hydrogen) atoms. The number of ether oxygens (including phenoxy) is 1. The maximum Gasteiger partial charge on any atom is 0.203 e. The molecule has 132 valence electrons. The molecule has 0 saturated carbocycles. The number of hydrogen-bond donors (Lipinski definition) is 2. The molecule has 1 aromatic carbocycles. The molecule has 2 N–H and O–H groups in total. The standard InChI is InChI=1S/C18H28N4O2/c1-14(2)24-13-15(23)12-21-8-5-9-22(11-10-21)18-19-16-6-3-4-7-17(16)20-18/h3-4,6-7,14-15,23H,5,8-13H2,1-2H3,(H,19,20)/t15-/m1/s1. The highest BCUT2D eigenvalue weighted by Crippen LogP contribution is 2.18. The summed E-state index contributed by atoms with van der Waals surface area (Å²) in [6.45, 7) is 8.87. The fourth-order valence-electron chi connectivity index (χ4n) is 3.11. The topological polar surface area (TPSA) is 64.6 Å². The molecule has 0 spiro atoms. The first-order chi connectivity index (χ1) is 11.6. The van der Waals surface area contributed by atoms with Crippen molar-refractivity contribution in [3.8, 4) is 0 Å². The largest absolute Gasteiger partial charge is 0.389 e. The summed E-state index contributed by atoms with van der Waals surface area (Å²) in [6, 6.07) is 8.12. The molecule has 3 rings (SSSR count). The van der Waals surface area contributed by atoms with Crippen molar-refractivity contribution in [2.24, 2.45) is 0 Å². The summed E-state index contributed by atoms with van der Waals surface area (Å²) >= 11 is 0. The van der Waals surface area contributed by atoms with Crippen molar-refractivity contribution in [1.29, 1.82) is 0 Å². The van der Waals surface area contributed by atoms with E-state index >= 15 is 0 Å². The third kappa shape index (κ3) is 4.47. The van der Waals surface area contributed by atoms with Crippen molar-refractivity contribution in [3.63, 3.8) is 0 Å². The van der Waals surface area contributed by atoms with Gasteiger partial charge in [0.25, 0.3) is 0 Å². The summed E-state index contributed by atoms with van der Waals surface area (Å²) in [5.41, 5.74) is 2.09. The summed E-state index contributed by atoms with van der Waals surface area (Å²) < 4.78 is 5.50. The van der Waals surface area contributed by atoms with E-state index in [0.29, 0.717) is 13.2 Å². The number of imidazole rings is 1. The predicted octanol–water partition coefficient (Wildman–Crippen LogP) is 1.86. The molecular formula is C18H28N4O2. The van der Waals surface area contributed by atoms with Gasteiger partial charge in [-0.1, -0.05) is 12.1 Å². The number of benzene rings is 1. The van der Waals surface area contributed by atoms with Gasteiger partial charge in [0.05, 0.1) is 29.8 Å². The molecule has 1 saturated heterocycles. The zero-order valence-corrected chi connectivity index (χ0v) is 14.6. The lowest BCUT2D eigenvalue weighted by molar-refractivity contribution is -0.00767. The summed E-state index contributed by atoms with van der Waals surface area (Å²) in [6.07, 6.45) is 0.798. The molecule has 6 heteroatoms. The van der Waals surface area contributed by atoms with Crippen LogP contribution in [0.4, 0.5) is 5.95 Å². The van der Waals surface area contributed by atoms with Gasteiger partial charge >= 0.3 is 0 Å². The highest BCUT2D eigenvalue weighted by molar-refractivity contribution is 5.77. The van der Waals surface area contributed by atoms with Crippen molar-refractivity contribution in [2.75, 3.05) is 44.2 Å². The number of hydrogen-bond acceptors (Lipinski definition) is 5. The molecule has 0 aliphatic carbocycles. The van der Waals surface area contributed by atoms with Crippen LogP contribution >= 0.6 is 0 Å². The van der Waals surface area contributed by atoms with E-state index in [1.54, 1.807) is 0 Å². The SMILES string of the molecule is CC(C)OC[C@H](O)CN1CCCN(c2nc3ccccc3[nH]2)CC1. The molecule has 1 aliphatic heterocycles. The van der Waals surface area contributed by atoms with E-state index in [4.69, 9.17) is 9.72 Å². The van der Waals surface area contributed by atoms with Crippen molar-refractivity contribution in [2.45, 2.75) is 32.5 Å². The second-order valence-electron chi connectivity index (χ2n) is 6.75. The van der Waals surface area contributed by atoms with Crippen LogP contribution in [0.25, 0.3) is 11.0 Å². The lowest BCUT2D eigenvalue weighted by Gasteiger charge is -2.24. The van der Waals surface area contributed by atoms with Crippen molar-refractivity contribution in [1.82, 2.24) is 14.9 Å². The van der Waals surface area contributed by atoms with E-state index < -0.39 is 6.10 Å². The number of fused-ring (bicyclic) bond motifs is 1. The molecule has 2 aromatic rings. The molecule has 6 nitrogen and oxygen atoms in total. The number of nitrogens with one attached hydrogen (secondary N) is 1. The minimum absolute atomic E-state index is 0.160. The van der Waals surface area contributed by atoms with Crippen LogP contribution in [0.5, 0.6) is 0 Å². The van der Waals surface area contributed by atoms with Crippen LogP contribution < -0.4 is 4.90 Å². The number of para-hydroxylation sites is 2. The summed E-state index contributed by atoms with van der Waals surface area (Å²) in [7, 11) is 0. The average Bonchev–Trinajstić information content (AvgIpc) is 2.86. The van der Waals surface area contributed by atoms with Crippen LogP contribution in [-0.2, 0) is 4.74 Å². The normalized spacial score (nSPS) is 18.2. The number of nitrogens with zero attached hydrogens (tertiary/aromatic N) is 3. The summed E-state index contributed by atoms with van der Waals surface area (Å²) in [5.74, 6) is 0.946. The van der Waals surface area contributed by atoms with Crippen LogP contribution in [-0.4, -0.2) is 71.5 Å². The van der Waals surface area contributed by atoms with E-state index in [-0.39, 0.29) is 6.10 Å². The van der Waals surface area contributed by atoms with Gasteiger partial charge in [-0.3, -0.25) is 4.90 Å². The van der Waals surface area contributed by atoms with Gasteiger partial charge in [0, 0.05) is 26.2 Å². The molecule has 0 amide bonds. The zero-order valence-electron chi connectivity index (χ0n) is 14.6. The lowest BCUT2D eigenvalue weighted by Crippen LogP contribution is -2.38. The van der Waals surface area contributed by atoms with Gasteiger partial charge in [0.1, 0.15) is 0 Å². The second-order valence-corrected chi connectivity index (χ2v) is 6.75. The van der Waals surface area contributed by atoms with Crippen LogP contribution in [0.2, 0.25) is 0 Å². The molecule has 1 fully saturated rings. The lowest BCUT2D eigenvalue weighted by atomic mass is 10.3. The van der Waals surface area contributed by atoms with E-state index in [9.17, 15) is 5.11 Å².